The van der Waals surface area contributed by atoms with E-state index in [0.717, 1.165) is 18.2 Å². The number of fused-ring (bicyclic) bond motifs is 2. The molecule has 0 bridgehead atoms. The SMILES string of the molecule is Cc1cc(Nc2nc(F)nc(Nc3cc(S(=O)(=O)O)ccc3S(=O)(=O)O)n2)ccc1/N=N/c1ccc(/N=N/c2cc(S(=O)(=O)O)c3cc(S(=O)(=O)O)cc(S(=O)(=O)O)c3c2)c2cc(S(=O)(=O)O)ccc12. The van der Waals surface area contributed by atoms with Gasteiger partial charge in [0.15, 0.2) is 0 Å². The second-order valence-electron chi connectivity index (χ2n) is 14.2. The van der Waals surface area contributed by atoms with Crippen LogP contribution in [0.5, 0.6) is 0 Å². The van der Waals surface area contributed by atoms with Crippen molar-refractivity contribution in [3.8, 4) is 0 Å². The number of benzene rings is 6. The van der Waals surface area contributed by atoms with Crippen LogP contribution in [-0.4, -0.2) is 92.8 Å². The molecule has 0 aliphatic heterocycles. The van der Waals surface area contributed by atoms with E-state index in [9.17, 15) is 82.2 Å². The van der Waals surface area contributed by atoms with Gasteiger partial charge in [-0.05, 0) is 97.4 Å². The van der Waals surface area contributed by atoms with Crippen LogP contribution >= 0.6 is 0 Å². The minimum Gasteiger partial charge on any atom is -0.324 e. The van der Waals surface area contributed by atoms with Crippen molar-refractivity contribution < 1.29 is 82.2 Å². The molecular weight excluding hydrogens is 1060 g/mol. The average molecular weight is 1080 g/mol. The Balaban J connectivity index is 1.22. The number of azo groups is 2. The zero-order chi connectivity index (χ0) is 51.5. The highest BCUT2D eigenvalue weighted by molar-refractivity contribution is 7.87. The number of hydrogen-bond donors (Lipinski definition) is 8. The maximum Gasteiger partial charge on any atom is 0.315 e. The van der Waals surface area contributed by atoms with Crippen molar-refractivity contribution in [3.05, 3.63) is 103 Å². The monoisotopic (exact) mass is 1080 g/mol. The molecule has 0 fully saturated rings. The van der Waals surface area contributed by atoms with Crippen molar-refractivity contribution in [3.63, 3.8) is 0 Å². The largest absolute Gasteiger partial charge is 0.324 e. The summed E-state index contributed by atoms with van der Waals surface area (Å²) < 4.78 is 218. The van der Waals surface area contributed by atoms with Crippen molar-refractivity contribution in [2.24, 2.45) is 20.5 Å². The lowest BCUT2D eigenvalue weighted by molar-refractivity contribution is 0.478. The third-order valence-electron chi connectivity index (χ3n) is 9.42. The van der Waals surface area contributed by atoms with E-state index in [1.54, 1.807) is 6.92 Å². The van der Waals surface area contributed by atoms with E-state index in [4.69, 9.17) is 0 Å². The summed E-state index contributed by atoms with van der Waals surface area (Å²) in [6.45, 7) is 1.58. The normalized spacial score (nSPS) is 13.1. The molecule has 0 unspecified atom stereocenters. The molecule has 0 amide bonds. The van der Waals surface area contributed by atoms with Crippen molar-refractivity contribution in [1.82, 2.24) is 15.0 Å². The van der Waals surface area contributed by atoms with Gasteiger partial charge >= 0.3 is 6.08 Å². The fraction of sp³-hybridized carbons (Fsp3) is 0.0278. The Morgan fingerprint density at radius 1 is 0.429 bits per heavy atom. The van der Waals surface area contributed by atoms with Crippen LogP contribution in [0.1, 0.15) is 5.56 Å². The molecule has 1 aromatic heterocycles. The first kappa shape index (κ1) is 50.9. The maximum absolute atomic E-state index is 14.6. The van der Waals surface area contributed by atoms with E-state index in [-0.39, 0.29) is 33.5 Å². The first-order valence-corrected chi connectivity index (χ1v) is 27.0. The van der Waals surface area contributed by atoms with Crippen LogP contribution in [-0.2, 0) is 60.7 Å². The molecule has 0 radical (unpaired) electrons. The molecule has 0 atom stereocenters. The Morgan fingerprint density at radius 3 is 1.50 bits per heavy atom. The first-order valence-electron chi connectivity index (χ1n) is 18.3. The number of anilines is 4. The Hall–Kier alpha value is -6.96. The van der Waals surface area contributed by atoms with E-state index in [1.807, 2.05) is 0 Å². The van der Waals surface area contributed by atoms with Crippen LogP contribution in [0.3, 0.4) is 0 Å². The molecule has 366 valence electrons. The molecule has 27 nitrogen and oxygen atoms in total. The van der Waals surface area contributed by atoms with Gasteiger partial charge in [-0.15, -0.1) is 10.2 Å². The number of nitrogens with one attached hydrogen (secondary N) is 2. The van der Waals surface area contributed by atoms with Gasteiger partial charge in [-0.3, -0.25) is 27.3 Å². The summed E-state index contributed by atoms with van der Waals surface area (Å²) in [7, 11) is -30.6. The smallest absolute Gasteiger partial charge is 0.315 e. The lowest BCUT2D eigenvalue weighted by Crippen LogP contribution is -2.10. The summed E-state index contributed by atoms with van der Waals surface area (Å²) in [5.74, 6) is -1.14. The van der Waals surface area contributed by atoms with Gasteiger partial charge in [0, 0.05) is 27.2 Å². The molecule has 34 heteroatoms. The Labute approximate surface area is 393 Å². The minimum atomic E-state index is -5.36. The molecule has 0 aliphatic rings. The van der Waals surface area contributed by atoms with Gasteiger partial charge in [0.05, 0.1) is 43.1 Å². The molecular formula is C36H26FN9O18S6. The molecule has 0 spiro atoms. The van der Waals surface area contributed by atoms with Crippen LogP contribution in [0, 0.1) is 13.0 Å². The fourth-order valence-electron chi connectivity index (χ4n) is 6.39. The summed E-state index contributed by atoms with van der Waals surface area (Å²) >= 11 is 0. The van der Waals surface area contributed by atoms with Crippen molar-refractivity contribution >= 4 is 128 Å². The molecule has 7 aromatic rings. The summed E-state index contributed by atoms with van der Waals surface area (Å²) in [6, 6.07) is 14.3. The van der Waals surface area contributed by atoms with Crippen LogP contribution in [0.2, 0.25) is 0 Å². The number of nitrogens with zero attached hydrogens (tertiary/aromatic N) is 7. The fourth-order valence-corrected chi connectivity index (χ4v) is 10.1. The van der Waals surface area contributed by atoms with Gasteiger partial charge < -0.3 is 10.6 Å². The highest BCUT2D eigenvalue weighted by Crippen LogP contribution is 2.40. The molecule has 6 aromatic carbocycles. The van der Waals surface area contributed by atoms with Gasteiger partial charge in [0.1, 0.15) is 14.7 Å². The minimum absolute atomic E-state index is 0.0595. The second kappa shape index (κ2) is 18.1. The van der Waals surface area contributed by atoms with Crippen LogP contribution in [0.15, 0.2) is 141 Å². The highest BCUT2D eigenvalue weighted by Gasteiger charge is 2.26. The van der Waals surface area contributed by atoms with E-state index in [0.29, 0.717) is 42.0 Å². The third kappa shape index (κ3) is 11.4. The van der Waals surface area contributed by atoms with Crippen molar-refractivity contribution in [1.29, 1.82) is 0 Å². The summed E-state index contributed by atoms with van der Waals surface area (Å²) in [4.78, 5) is 5.02. The van der Waals surface area contributed by atoms with Gasteiger partial charge in [-0.25, -0.2) is 0 Å². The van der Waals surface area contributed by atoms with Crippen molar-refractivity contribution in [2.75, 3.05) is 10.6 Å². The number of aryl methyl sites for hydroxylation is 1. The van der Waals surface area contributed by atoms with Crippen LogP contribution < -0.4 is 10.6 Å². The molecule has 0 aliphatic carbocycles. The van der Waals surface area contributed by atoms with E-state index < -0.39 is 130 Å². The van der Waals surface area contributed by atoms with Crippen molar-refractivity contribution in [2.45, 2.75) is 36.3 Å². The van der Waals surface area contributed by atoms with Gasteiger partial charge in [0.25, 0.3) is 60.7 Å². The van der Waals surface area contributed by atoms with E-state index >= 15 is 0 Å². The Morgan fingerprint density at radius 2 is 0.914 bits per heavy atom. The number of hydrogen-bond acceptors (Lipinski definition) is 21. The number of rotatable bonds is 14. The van der Waals surface area contributed by atoms with Gasteiger partial charge in [-0.1, -0.05) is 6.07 Å². The lowest BCUT2D eigenvalue weighted by atomic mass is 10.1. The second-order valence-corrected chi connectivity index (χ2v) is 22.6. The standard InChI is InChI=1S/C36H26FN9O18S6/c1-17-10-18(38-35-40-34(37)41-36(42-35)39-30-15-21(66(50,51)52)4-9-31(30)68(56,57)58)2-6-27(17)44-46-28-7-8-29(24-13-20(65(47,48)49)3-5-23(24)28)45-43-19-11-25-26(32(12-19)69(59,60)61)14-22(67(53,54)55)16-33(25)70(62,63)64/h2-16H,1H3,(H,47,48,49)(H,50,51,52)(H,53,54,55)(H,56,57,58)(H,59,60,61)(H,62,63,64)(H2,38,39,40,41,42)/b45-43+,46-44+. The predicted molar refractivity (Wildman–Crippen MR) is 239 cm³/mol. The summed E-state index contributed by atoms with van der Waals surface area (Å²) in [6.07, 6.45) is -1.40. The predicted octanol–water partition coefficient (Wildman–Crippen LogP) is 6.42. The quantitative estimate of drug-likeness (QED) is 0.0430. The van der Waals surface area contributed by atoms with Gasteiger partial charge in [-0.2, -0.15) is 80.1 Å². The van der Waals surface area contributed by atoms with E-state index in [2.05, 4.69) is 46.0 Å². The third-order valence-corrected chi connectivity index (χ3v) is 14.6. The van der Waals surface area contributed by atoms with Crippen LogP contribution in [0.4, 0.5) is 50.4 Å². The zero-order valence-corrected chi connectivity index (χ0v) is 39.1. The van der Waals surface area contributed by atoms with Crippen LogP contribution in [0.25, 0.3) is 21.5 Å². The number of halogens is 1. The molecule has 8 N–H and O–H groups in total. The number of aromatic nitrogens is 3. The molecule has 70 heavy (non-hydrogen) atoms. The topological polar surface area (TPSA) is 438 Å². The van der Waals surface area contributed by atoms with E-state index in [1.165, 1.54) is 36.4 Å². The molecule has 0 saturated carbocycles. The Bertz CT molecular complexity index is 4160. The molecule has 1 heterocycles. The van der Waals surface area contributed by atoms with Gasteiger partial charge in [0.2, 0.25) is 11.9 Å². The summed E-state index contributed by atoms with van der Waals surface area (Å²) in [5, 5.41) is 19.9. The maximum atomic E-state index is 14.6. The highest BCUT2D eigenvalue weighted by atomic mass is 32.2. The Kier molecular flexibility index (Phi) is 13.2. The summed E-state index contributed by atoms with van der Waals surface area (Å²) in [5.41, 5.74) is -0.473. The zero-order valence-electron chi connectivity index (χ0n) is 34.2. The first-order chi connectivity index (χ1) is 32.3. The average Bonchev–Trinajstić information content (AvgIpc) is 3.22. The lowest BCUT2D eigenvalue weighted by Gasteiger charge is -2.12. The molecule has 0 saturated heterocycles. The molecule has 7 rings (SSSR count).